The number of nitrogens with one attached hydrogen (secondary N) is 1. The predicted molar refractivity (Wildman–Crippen MR) is 74.1 cm³/mol. The van der Waals surface area contributed by atoms with Crippen molar-refractivity contribution < 1.29 is 19.4 Å². The molecule has 6 nitrogen and oxygen atoms in total. The van der Waals surface area contributed by atoms with E-state index in [-0.39, 0.29) is 17.4 Å². The van der Waals surface area contributed by atoms with Gasteiger partial charge in [0, 0.05) is 4.88 Å². The molecule has 0 bridgehead atoms. The van der Waals surface area contributed by atoms with Crippen LogP contribution in [0.1, 0.15) is 20.2 Å². The van der Waals surface area contributed by atoms with Crippen molar-refractivity contribution in [2.24, 2.45) is 0 Å². The van der Waals surface area contributed by atoms with E-state index in [1.165, 1.54) is 0 Å². The van der Waals surface area contributed by atoms with E-state index in [9.17, 15) is 9.59 Å². The van der Waals surface area contributed by atoms with E-state index in [1.54, 1.807) is 6.92 Å². The average Bonchev–Trinajstić information content (AvgIpc) is 2.79. The Labute approximate surface area is 119 Å². The van der Waals surface area contributed by atoms with Crippen LogP contribution in [0.2, 0.25) is 0 Å². The Morgan fingerprint density at radius 2 is 2.05 bits per heavy atom. The zero-order chi connectivity index (χ0) is 14.5. The zero-order valence-corrected chi connectivity index (χ0v) is 11.4. The van der Waals surface area contributed by atoms with Gasteiger partial charge >= 0.3 is 12.1 Å². The minimum Gasteiger partial charge on any atom is -0.476 e. The molecule has 0 aliphatic rings. The number of ether oxygens (including phenoxy) is 1. The molecule has 0 atom stereocenters. The van der Waals surface area contributed by atoms with E-state index in [0.717, 1.165) is 16.9 Å². The van der Waals surface area contributed by atoms with Crippen LogP contribution in [0.5, 0.6) is 0 Å². The molecule has 1 heterocycles. The maximum Gasteiger partial charge on any atom is 0.413 e. The first-order valence-corrected chi connectivity index (χ1v) is 6.56. The van der Waals surface area contributed by atoms with Crippen molar-refractivity contribution >= 4 is 29.2 Å². The number of carboxylic acid groups (broad SMARTS) is 1. The summed E-state index contributed by atoms with van der Waals surface area (Å²) in [7, 11) is 0. The maximum absolute atomic E-state index is 11.6. The number of carbonyl (C=O) groups excluding carboxylic acids is 1. The van der Waals surface area contributed by atoms with Crippen LogP contribution in [0, 0.1) is 6.92 Å². The Morgan fingerprint density at radius 3 is 2.65 bits per heavy atom. The van der Waals surface area contributed by atoms with Crippen LogP contribution in [0.3, 0.4) is 0 Å². The summed E-state index contributed by atoms with van der Waals surface area (Å²) in [5, 5.41) is 11.2. The maximum atomic E-state index is 11.6. The van der Waals surface area contributed by atoms with Gasteiger partial charge in [-0.3, -0.25) is 5.32 Å². The fourth-order valence-electron chi connectivity index (χ4n) is 1.46. The second kappa shape index (κ2) is 6.16. The van der Waals surface area contributed by atoms with Gasteiger partial charge in [-0.2, -0.15) is 0 Å². The van der Waals surface area contributed by atoms with Crippen molar-refractivity contribution in [3.63, 3.8) is 0 Å². The molecule has 2 N–H and O–H groups in total. The quantitative estimate of drug-likeness (QED) is 0.904. The second-order valence-corrected chi connectivity index (χ2v) is 5.12. The summed E-state index contributed by atoms with van der Waals surface area (Å²) < 4.78 is 5.02. The molecular formula is C13H12N2O4S. The third-order valence-electron chi connectivity index (χ3n) is 2.41. The monoisotopic (exact) mass is 292 g/mol. The fourth-order valence-corrected chi connectivity index (χ4v) is 2.17. The van der Waals surface area contributed by atoms with E-state index in [0.29, 0.717) is 4.88 Å². The average molecular weight is 292 g/mol. The number of aromatic carboxylic acids is 1. The summed E-state index contributed by atoms with van der Waals surface area (Å²) in [6.45, 7) is 1.82. The highest BCUT2D eigenvalue weighted by Gasteiger charge is 2.15. The summed E-state index contributed by atoms with van der Waals surface area (Å²) in [6.07, 6.45) is -0.667. The highest BCUT2D eigenvalue weighted by Crippen LogP contribution is 2.22. The lowest BCUT2D eigenvalue weighted by atomic mass is 10.2. The number of carbonyl (C=O) groups is 2. The molecule has 0 unspecified atom stereocenters. The topological polar surface area (TPSA) is 88.5 Å². The number of thiazole rings is 1. The van der Waals surface area contributed by atoms with Gasteiger partial charge in [0.15, 0.2) is 0 Å². The third kappa shape index (κ3) is 3.55. The third-order valence-corrected chi connectivity index (χ3v) is 3.37. The van der Waals surface area contributed by atoms with Crippen LogP contribution in [0.4, 0.5) is 10.6 Å². The number of aromatic nitrogens is 1. The normalized spacial score (nSPS) is 10.1. The molecule has 0 aliphatic carbocycles. The van der Waals surface area contributed by atoms with E-state index in [4.69, 9.17) is 9.84 Å². The van der Waals surface area contributed by atoms with Gasteiger partial charge in [0.2, 0.25) is 5.01 Å². The molecule has 2 rings (SSSR count). The molecule has 104 valence electrons. The highest BCUT2D eigenvalue weighted by atomic mass is 32.1. The van der Waals surface area contributed by atoms with Crippen molar-refractivity contribution in [2.45, 2.75) is 13.5 Å². The van der Waals surface area contributed by atoms with Crippen molar-refractivity contribution in [3.8, 4) is 0 Å². The summed E-state index contributed by atoms with van der Waals surface area (Å²) in [6, 6.07) is 9.24. The smallest absolute Gasteiger partial charge is 0.413 e. The standard InChI is InChI=1S/C13H12N2O4S/c1-8-10(14-11(20-8)12(16)17)15-13(18)19-7-9-5-3-2-4-6-9/h2-6H,7H2,1H3,(H,15,18)(H,16,17). The van der Waals surface area contributed by atoms with Gasteiger partial charge in [-0.1, -0.05) is 30.3 Å². The van der Waals surface area contributed by atoms with Crippen LogP contribution >= 0.6 is 11.3 Å². The number of amides is 1. The molecule has 1 aromatic carbocycles. The second-order valence-electron chi connectivity index (χ2n) is 3.92. The molecular weight excluding hydrogens is 280 g/mol. The molecule has 20 heavy (non-hydrogen) atoms. The van der Waals surface area contributed by atoms with E-state index in [1.807, 2.05) is 30.3 Å². The Hall–Kier alpha value is -2.41. The number of rotatable bonds is 4. The lowest BCUT2D eigenvalue weighted by Gasteiger charge is -2.05. The molecule has 0 aliphatic heterocycles. The van der Waals surface area contributed by atoms with Crippen LogP contribution in [0.15, 0.2) is 30.3 Å². The van der Waals surface area contributed by atoms with Gasteiger partial charge in [-0.05, 0) is 12.5 Å². The number of carboxylic acids is 1. The Balaban J connectivity index is 1.93. The number of benzene rings is 1. The van der Waals surface area contributed by atoms with E-state index < -0.39 is 12.1 Å². The minimum atomic E-state index is -1.12. The van der Waals surface area contributed by atoms with Gasteiger partial charge in [0.05, 0.1) is 0 Å². The number of hydrogen-bond donors (Lipinski definition) is 2. The molecule has 1 amide bonds. The van der Waals surface area contributed by atoms with Gasteiger partial charge in [-0.25, -0.2) is 14.6 Å². The van der Waals surface area contributed by atoms with Gasteiger partial charge in [0.1, 0.15) is 12.4 Å². The zero-order valence-electron chi connectivity index (χ0n) is 10.6. The van der Waals surface area contributed by atoms with Crippen molar-refractivity contribution in [2.75, 3.05) is 5.32 Å². The summed E-state index contributed by atoms with van der Waals surface area (Å²) in [5.41, 5.74) is 0.865. The fraction of sp³-hybridized carbons (Fsp3) is 0.154. The summed E-state index contributed by atoms with van der Waals surface area (Å²) in [5.74, 6) is -0.908. The predicted octanol–water partition coefficient (Wildman–Crippen LogP) is 2.90. The Morgan fingerprint density at radius 1 is 1.35 bits per heavy atom. The summed E-state index contributed by atoms with van der Waals surface area (Å²) >= 11 is 0.998. The van der Waals surface area contributed by atoms with Gasteiger partial charge in [-0.15, -0.1) is 11.3 Å². The van der Waals surface area contributed by atoms with Crippen LogP contribution in [-0.2, 0) is 11.3 Å². The number of hydrogen-bond acceptors (Lipinski definition) is 5. The van der Waals surface area contributed by atoms with Crippen molar-refractivity contribution in [1.82, 2.24) is 4.98 Å². The first kappa shape index (κ1) is 14.0. The van der Waals surface area contributed by atoms with Crippen LogP contribution in [-0.4, -0.2) is 22.2 Å². The molecule has 2 aromatic rings. The molecule has 0 radical (unpaired) electrons. The number of nitrogens with zero attached hydrogens (tertiary/aromatic N) is 1. The molecule has 7 heteroatoms. The van der Waals surface area contributed by atoms with E-state index in [2.05, 4.69) is 10.3 Å². The largest absolute Gasteiger partial charge is 0.476 e. The lowest BCUT2D eigenvalue weighted by molar-refractivity contribution is 0.0696. The first-order valence-electron chi connectivity index (χ1n) is 5.74. The first-order chi connectivity index (χ1) is 9.56. The van der Waals surface area contributed by atoms with Crippen molar-refractivity contribution in [1.29, 1.82) is 0 Å². The minimum absolute atomic E-state index is 0.0686. The Bertz CT molecular complexity index is 625. The van der Waals surface area contributed by atoms with Crippen LogP contribution < -0.4 is 5.32 Å². The molecule has 1 aromatic heterocycles. The SMILES string of the molecule is Cc1sc(C(=O)O)nc1NC(=O)OCc1ccccc1. The lowest BCUT2D eigenvalue weighted by Crippen LogP contribution is -2.14. The highest BCUT2D eigenvalue weighted by molar-refractivity contribution is 7.13. The summed E-state index contributed by atoms with van der Waals surface area (Å²) in [4.78, 5) is 26.8. The van der Waals surface area contributed by atoms with Gasteiger partial charge < -0.3 is 9.84 Å². The van der Waals surface area contributed by atoms with Gasteiger partial charge in [0.25, 0.3) is 0 Å². The molecule has 0 spiro atoms. The molecule has 0 fully saturated rings. The molecule has 0 saturated carbocycles. The number of aryl methyl sites for hydroxylation is 1. The van der Waals surface area contributed by atoms with Crippen molar-refractivity contribution in [3.05, 3.63) is 45.8 Å². The van der Waals surface area contributed by atoms with E-state index >= 15 is 0 Å². The molecule has 0 saturated heterocycles. The Kier molecular flexibility index (Phi) is 4.31. The van der Waals surface area contributed by atoms with Crippen LogP contribution in [0.25, 0.3) is 0 Å². The number of anilines is 1.